The van der Waals surface area contributed by atoms with Gasteiger partial charge in [-0.2, -0.15) is 10.4 Å². The van der Waals surface area contributed by atoms with E-state index >= 15 is 0 Å². The maximum Gasteiger partial charge on any atom is 0.276 e. The van der Waals surface area contributed by atoms with E-state index in [4.69, 9.17) is 16.9 Å². The van der Waals surface area contributed by atoms with Crippen molar-refractivity contribution in [2.45, 2.75) is 12.5 Å². The van der Waals surface area contributed by atoms with E-state index < -0.39 is 24.0 Å². The SMILES string of the molecule is N#CCC(=O)N/N=C(\c1nc2ccc(Cl)cc2[nH]c1=O)[C@H](O)c1ccccc1. The van der Waals surface area contributed by atoms with E-state index in [2.05, 4.69) is 20.5 Å². The van der Waals surface area contributed by atoms with Gasteiger partial charge in [-0.15, -0.1) is 0 Å². The van der Waals surface area contributed by atoms with Crippen molar-refractivity contribution in [3.63, 3.8) is 0 Å². The van der Waals surface area contributed by atoms with Gasteiger partial charge in [-0.1, -0.05) is 41.9 Å². The molecule has 2 aromatic carbocycles. The Hall–Kier alpha value is -3.54. The molecule has 0 saturated carbocycles. The van der Waals surface area contributed by atoms with Gasteiger partial charge in [0.15, 0.2) is 5.69 Å². The number of aromatic amines is 1. The number of benzene rings is 2. The van der Waals surface area contributed by atoms with E-state index in [0.717, 1.165) is 0 Å². The highest BCUT2D eigenvalue weighted by molar-refractivity contribution is 6.31. The summed E-state index contributed by atoms with van der Waals surface area (Å²) in [6.07, 6.45) is -1.75. The summed E-state index contributed by atoms with van der Waals surface area (Å²) in [6, 6.07) is 14.9. The molecule has 0 saturated heterocycles. The van der Waals surface area contributed by atoms with Crippen LogP contribution in [0.3, 0.4) is 0 Å². The first-order valence-electron chi connectivity index (χ1n) is 8.16. The zero-order valence-corrected chi connectivity index (χ0v) is 15.1. The fourth-order valence-electron chi connectivity index (χ4n) is 2.50. The van der Waals surface area contributed by atoms with E-state index in [1.807, 2.05) is 0 Å². The standard InChI is InChI=1S/C19H14ClN5O3/c20-12-6-7-13-14(10-12)23-19(28)17(22-13)16(25-24-15(26)8-9-21)18(27)11-4-2-1-3-5-11/h1-7,10,18,27H,8H2,(H,23,28)(H,24,26)/b25-16+/t18-/m1/s1. The number of aliphatic hydroxyl groups is 1. The van der Waals surface area contributed by atoms with Gasteiger partial charge in [0, 0.05) is 5.02 Å². The highest BCUT2D eigenvalue weighted by atomic mass is 35.5. The normalized spacial score (nSPS) is 12.4. The number of carbonyl (C=O) groups excluding carboxylic acids is 1. The van der Waals surface area contributed by atoms with Crippen LogP contribution in [0.4, 0.5) is 0 Å². The van der Waals surface area contributed by atoms with Gasteiger partial charge in [0.05, 0.1) is 17.1 Å². The van der Waals surface area contributed by atoms with E-state index in [1.54, 1.807) is 54.6 Å². The van der Waals surface area contributed by atoms with Crippen molar-refractivity contribution in [3.05, 3.63) is 75.2 Å². The van der Waals surface area contributed by atoms with Crippen molar-refractivity contribution in [1.82, 2.24) is 15.4 Å². The molecule has 0 unspecified atom stereocenters. The minimum absolute atomic E-state index is 0.157. The Bertz CT molecular complexity index is 1150. The Morgan fingerprint density at radius 2 is 2.07 bits per heavy atom. The Kier molecular flexibility index (Phi) is 5.79. The number of nitrogens with one attached hydrogen (secondary N) is 2. The van der Waals surface area contributed by atoms with Crippen molar-refractivity contribution in [2.75, 3.05) is 0 Å². The van der Waals surface area contributed by atoms with Crippen molar-refractivity contribution in [3.8, 4) is 6.07 Å². The number of hydrogen-bond donors (Lipinski definition) is 3. The van der Waals surface area contributed by atoms with Gasteiger partial charge in [-0.3, -0.25) is 9.59 Å². The summed E-state index contributed by atoms with van der Waals surface area (Å²) in [5.74, 6) is -0.677. The quantitative estimate of drug-likeness (QED) is 0.449. The highest BCUT2D eigenvalue weighted by Gasteiger charge is 2.22. The third kappa shape index (κ3) is 4.23. The first kappa shape index (κ1) is 19.2. The first-order chi connectivity index (χ1) is 13.5. The summed E-state index contributed by atoms with van der Waals surface area (Å²) >= 11 is 5.93. The molecule has 0 spiro atoms. The average molecular weight is 396 g/mol. The maximum absolute atomic E-state index is 12.6. The van der Waals surface area contributed by atoms with Gasteiger partial charge in [0.2, 0.25) is 0 Å². The molecule has 28 heavy (non-hydrogen) atoms. The number of nitriles is 1. The zero-order chi connectivity index (χ0) is 20.1. The first-order valence-corrected chi connectivity index (χ1v) is 8.53. The molecule has 1 atom stereocenters. The number of hydrazone groups is 1. The second-order valence-electron chi connectivity index (χ2n) is 5.76. The molecular formula is C19H14ClN5O3. The number of amides is 1. The maximum atomic E-state index is 12.6. The van der Waals surface area contributed by atoms with E-state index in [-0.39, 0.29) is 11.4 Å². The van der Waals surface area contributed by atoms with E-state index in [9.17, 15) is 14.7 Å². The lowest BCUT2D eigenvalue weighted by Crippen LogP contribution is -2.29. The van der Waals surface area contributed by atoms with E-state index in [0.29, 0.717) is 21.6 Å². The lowest BCUT2D eigenvalue weighted by molar-refractivity contribution is -0.120. The van der Waals surface area contributed by atoms with Gasteiger partial charge in [0.25, 0.3) is 11.5 Å². The number of fused-ring (bicyclic) bond motifs is 1. The molecule has 1 aromatic heterocycles. The molecule has 140 valence electrons. The Labute approximate surface area is 164 Å². The van der Waals surface area contributed by atoms with Crippen LogP contribution in [-0.2, 0) is 4.79 Å². The highest BCUT2D eigenvalue weighted by Crippen LogP contribution is 2.19. The van der Waals surface area contributed by atoms with Gasteiger partial charge < -0.3 is 10.1 Å². The Morgan fingerprint density at radius 3 is 2.79 bits per heavy atom. The van der Waals surface area contributed by atoms with Gasteiger partial charge >= 0.3 is 0 Å². The van der Waals surface area contributed by atoms with Crippen LogP contribution >= 0.6 is 11.6 Å². The predicted octanol–water partition coefficient (Wildman–Crippen LogP) is 2.04. The minimum atomic E-state index is -1.33. The molecule has 0 aliphatic rings. The van der Waals surface area contributed by atoms with Crippen molar-refractivity contribution in [2.24, 2.45) is 5.10 Å². The third-order valence-corrected chi connectivity index (χ3v) is 4.05. The van der Waals surface area contributed by atoms with Crippen molar-refractivity contribution < 1.29 is 9.90 Å². The van der Waals surface area contributed by atoms with Crippen molar-refractivity contribution in [1.29, 1.82) is 5.26 Å². The number of aromatic nitrogens is 2. The number of aliphatic hydroxyl groups excluding tert-OH is 1. The van der Waals surface area contributed by atoms with Gasteiger partial charge in [0.1, 0.15) is 18.2 Å². The summed E-state index contributed by atoms with van der Waals surface area (Å²) in [5, 5.41) is 23.7. The summed E-state index contributed by atoms with van der Waals surface area (Å²) in [4.78, 5) is 31.1. The third-order valence-electron chi connectivity index (χ3n) is 3.81. The molecule has 9 heteroatoms. The summed E-state index contributed by atoms with van der Waals surface area (Å²) < 4.78 is 0. The molecule has 0 aliphatic heterocycles. The van der Waals surface area contributed by atoms with Crippen LogP contribution in [0.25, 0.3) is 11.0 Å². The largest absolute Gasteiger partial charge is 0.382 e. The molecule has 1 amide bonds. The number of halogens is 1. The molecule has 1 heterocycles. The number of rotatable bonds is 5. The fraction of sp³-hybridized carbons (Fsp3) is 0.105. The van der Waals surface area contributed by atoms with Crippen molar-refractivity contribution >= 4 is 34.3 Å². The molecule has 8 nitrogen and oxygen atoms in total. The number of hydrogen-bond acceptors (Lipinski definition) is 6. The second kappa shape index (κ2) is 8.43. The smallest absolute Gasteiger partial charge is 0.276 e. The molecule has 3 N–H and O–H groups in total. The second-order valence-corrected chi connectivity index (χ2v) is 6.19. The van der Waals surface area contributed by atoms with Crippen LogP contribution in [0.5, 0.6) is 0 Å². The monoisotopic (exact) mass is 395 g/mol. The van der Waals surface area contributed by atoms with Crippen LogP contribution in [0, 0.1) is 11.3 Å². The molecule has 0 bridgehead atoms. The topological polar surface area (TPSA) is 131 Å². The minimum Gasteiger partial charge on any atom is -0.382 e. The predicted molar refractivity (Wildman–Crippen MR) is 104 cm³/mol. The van der Waals surface area contributed by atoms with Crippen LogP contribution in [0.1, 0.15) is 23.8 Å². The van der Waals surface area contributed by atoms with Gasteiger partial charge in [-0.25, -0.2) is 10.4 Å². The summed E-state index contributed by atoms with van der Waals surface area (Å²) in [5.41, 5.74) is 2.53. The van der Waals surface area contributed by atoms with Gasteiger partial charge in [-0.05, 0) is 23.8 Å². The summed E-state index contributed by atoms with van der Waals surface area (Å²) in [6.45, 7) is 0. The van der Waals surface area contributed by atoms with E-state index in [1.165, 1.54) is 0 Å². The summed E-state index contributed by atoms with van der Waals surface area (Å²) in [7, 11) is 0. The van der Waals surface area contributed by atoms with Crippen LogP contribution in [-0.4, -0.2) is 26.7 Å². The lowest BCUT2D eigenvalue weighted by atomic mass is 10.0. The average Bonchev–Trinajstić information content (AvgIpc) is 2.69. The molecule has 3 aromatic rings. The number of nitrogens with zero attached hydrogens (tertiary/aromatic N) is 3. The molecule has 0 radical (unpaired) electrons. The fourth-order valence-corrected chi connectivity index (χ4v) is 2.68. The Morgan fingerprint density at radius 1 is 1.32 bits per heavy atom. The molecule has 3 rings (SSSR count). The molecule has 0 aliphatic carbocycles. The zero-order valence-electron chi connectivity index (χ0n) is 14.4. The Balaban J connectivity index is 2.12. The lowest BCUT2D eigenvalue weighted by Gasteiger charge is -2.14. The van der Waals surface area contributed by atoms with Crippen LogP contribution in [0.15, 0.2) is 58.4 Å². The molecule has 0 fully saturated rings. The molecular weight excluding hydrogens is 382 g/mol. The number of H-pyrrole nitrogens is 1. The number of carbonyl (C=O) groups is 1. The van der Waals surface area contributed by atoms with Crippen LogP contribution < -0.4 is 11.0 Å². The van der Waals surface area contributed by atoms with Crippen LogP contribution in [0.2, 0.25) is 5.02 Å².